The molecule has 1 unspecified atom stereocenters. The third kappa shape index (κ3) is 4.19. The Morgan fingerprint density at radius 2 is 2.17 bits per heavy atom. The summed E-state index contributed by atoms with van der Waals surface area (Å²) in [5.41, 5.74) is 8.09. The minimum Gasteiger partial charge on any atom is -0.496 e. The van der Waals surface area contributed by atoms with Crippen molar-refractivity contribution in [2.75, 3.05) is 26.2 Å². The molecular formula is C14H24N2OS. The van der Waals surface area contributed by atoms with Crippen LogP contribution in [0.15, 0.2) is 18.2 Å². The van der Waals surface area contributed by atoms with Gasteiger partial charge in [-0.1, -0.05) is 6.07 Å². The topological polar surface area (TPSA) is 38.5 Å². The van der Waals surface area contributed by atoms with Crippen LogP contribution < -0.4 is 10.5 Å². The summed E-state index contributed by atoms with van der Waals surface area (Å²) >= 11 is 1.88. The second-order valence-electron chi connectivity index (χ2n) is 4.57. The Morgan fingerprint density at radius 1 is 1.44 bits per heavy atom. The Bertz CT molecular complexity index is 371. The molecule has 1 aromatic carbocycles. The number of methoxy groups -OCH3 is 1. The van der Waals surface area contributed by atoms with Crippen molar-refractivity contribution in [3.05, 3.63) is 29.3 Å². The number of benzene rings is 1. The van der Waals surface area contributed by atoms with Gasteiger partial charge in [0.25, 0.3) is 0 Å². The van der Waals surface area contributed by atoms with Crippen LogP contribution in [-0.4, -0.2) is 37.1 Å². The fourth-order valence-electron chi connectivity index (χ4n) is 1.90. The maximum atomic E-state index is 5.74. The van der Waals surface area contributed by atoms with Crippen molar-refractivity contribution in [3.8, 4) is 5.75 Å². The Kier molecular flexibility index (Phi) is 6.54. The molecule has 0 amide bonds. The van der Waals surface area contributed by atoms with Crippen LogP contribution in [-0.2, 0) is 13.1 Å². The Labute approximate surface area is 115 Å². The zero-order valence-corrected chi connectivity index (χ0v) is 12.6. The van der Waals surface area contributed by atoms with Crippen LogP contribution in [0.5, 0.6) is 5.75 Å². The molecule has 102 valence electrons. The molecule has 18 heavy (non-hydrogen) atoms. The highest BCUT2D eigenvalue weighted by molar-refractivity contribution is 7.98. The number of hydrogen-bond acceptors (Lipinski definition) is 4. The van der Waals surface area contributed by atoms with Gasteiger partial charge < -0.3 is 10.5 Å². The van der Waals surface area contributed by atoms with Crippen molar-refractivity contribution in [3.63, 3.8) is 0 Å². The Hall–Kier alpha value is -0.710. The highest BCUT2D eigenvalue weighted by Crippen LogP contribution is 2.20. The summed E-state index contributed by atoms with van der Waals surface area (Å²) in [6.45, 7) is 3.71. The van der Waals surface area contributed by atoms with Gasteiger partial charge in [0.1, 0.15) is 5.75 Å². The largest absolute Gasteiger partial charge is 0.496 e. The zero-order chi connectivity index (χ0) is 13.5. The van der Waals surface area contributed by atoms with Crippen molar-refractivity contribution in [2.45, 2.75) is 26.1 Å². The van der Waals surface area contributed by atoms with Crippen LogP contribution in [0.1, 0.15) is 18.1 Å². The molecule has 0 aliphatic heterocycles. The van der Waals surface area contributed by atoms with Gasteiger partial charge in [0.2, 0.25) is 0 Å². The molecule has 0 heterocycles. The fourth-order valence-corrected chi connectivity index (χ4v) is 2.64. The molecule has 0 aliphatic carbocycles. The number of thioether (sulfide) groups is 1. The molecule has 1 aromatic rings. The average molecular weight is 268 g/mol. The van der Waals surface area contributed by atoms with Crippen LogP contribution in [0, 0.1) is 0 Å². The molecule has 0 fully saturated rings. The average Bonchev–Trinajstić information content (AvgIpc) is 2.38. The van der Waals surface area contributed by atoms with Crippen LogP contribution in [0.4, 0.5) is 0 Å². The molecule has 1 atom stereocenters. The number of rotatable bonds is 7. The quantitative estimate of drug-likeness (QED) is 0.824. The smallest absolute Gasteiger partial charge is 0.123 e. The highest BCUT2D eigenvalue weighted by atomic mass is 32.2. The van der Waals surface area contributed by atoms with E-state index in [9.17, 15) is 0 Å². The third-order valence-electron chi connectivity index (χ3n) is 3.16. The maximum absolute atomic E-state index is 5.74. The van der Waals surface area contributed by atoms with Gasteiger partial charge in [0.05, 0.1) is 7.11 Å². The van der Waals surface area contributed by atoms with Crippen molar-refractivity contribution in [2.24, 2.45) is 5.73 Å². The van der Waals surface area contributed by atoms with Crippen molar-refractivity contribution < 1.29 is 4.74 Å². The Morgan fingerprint density at radius 3 is 2.72 bits per heavy atom. The Balaban J connectivity index is 2.72. The molecule has 4 heteroatoms. The molecule has 0 aliphatic rings. The summed E-state index contributed by atoms with van der Waals surface area (Å²) < 4.78 is 5.29. The molecule has 0 spiro atoms. The van der Waals surface area contributed by atoms with Crippen LogP contribution in [0.2, 0.25) is 0 Å². The predicted octanol–water partition coefficient (Wildman–Crippen LogP) is 2.34. The lowest BCUT2D eigenvalue weighted by Gasteiger charge is -2.24. The van der Waals surface area contributed by atoms with E-state index >= 15 is 0 Å². The first-order valence-electron chi connectivity index (χ1n) is 6.17. The summed E-state index contributed by atoms with van der Waals surface area (Å²) in [5, 5.41) is 0. The minimum absolute atomic E-state index is 0.515. The molecule has 0 aromatic heterocycles. The minimum atomic E-state index is 0.515. The molecule has 1 rings (SSSR count). The van der Waals surface area contributed by atoms with E-state index in [0.29, 0.717) is 12.6 Å². The van der Waals surface area contributed by atoms with E-state index in [2.05, 4.69) is 37.3 Å². The predicted molar refractivity (Wildman–Crippen MR) is 80.2 cm³/mol. The lowest BCUT2D eigenvalue weighted by atomic mass is 10.1. The zero-order valence-electron chi connectivity index (χ0n) is 11.8. The monoisotopic (exact) mass is 268 g/mol. The van der Waals surface area contributed by atoms with Gasteiger partial charge in [0, 0.05) is 30.4 Å². The molecule has 0 bridgehead atoms. The van der Waals surface area contributed by atoms with Gasteiger partial charge in [-0.15, -0.1) is 0 Å². The fraction of sp³-hybridized carbons (Fsp3) is 0.571. The molecule has 0 radical (unpaired) electrons. The maximum Gasteiger partial charge on any atom is 0.123 e. The van der Waals surface area contributed by atoms with Gasteiger partial charge in [-0.2, -0.15) is 11.8 Å². The van der Waals surface area contributed by atoms with Crippen molar-refractivity contribution in [1.82, 2.24) is 4.90 Å². The van der Waals surface area contributed by atoms with Gasteiger partial charge in [-0.25, -0.2) is 0 Å². The van der Waals surface area contributed by atoms with Crippen LogP contribution in [0.25, 0.3) is 0 Å². The van der Waals surface area contributed by atoms with E-state index in [1.54, 1.807) is 7.11 Å². The number of nitrogens with two attached hydrogens (primary N) is 1. The van der Waals surface area contributed by atoms with Gasteiger partial charge in [-0.05, 0) is 37.9 Å². The summed E-state index contributed by atoms with van der Waals surface area (Å²) in [6, 6.07) is 6.83. The van der Waals surface area contributed by atoms with Gasteiger partial charge in [0.15, 0.2) is 0 Å². The standard InChI is InChI=1S/C14H24N2OS/c1-11(10-18-4)16(2)9-12-5-6-14(17-3)13(7-12)8-15/h5-7,11H,8-10,15H2,1-4H3. The lowest BCUT2D eigenvalue weighted by Crippen LogP contribution is -2.30. The first-order chi connectivity index (χ1) is 8.62. The van der Waals surface area contributed by atoms with Crippen molar-refractivity contribution >= 4 is 11.8 Å². The van der Waals surface area contributed by atoms with Gasteiger partial charge >= 0.3 is 0 Å². The van der Waals surface area contributed by atoms with E-state index in [-0.39, 0.29) is 0 Å². The van der Waals surface area contributed by atoms with E-state index < -0.39 is 0 Å². The number of ether oxygens (including phenoxy) is 1. The third-order valence-corrected chi connectivity index (χ3v) is 3.97. The number of nitrogens with zero attached hydrogens (tertiary/aromatic N) is 1. The van der Waals surface area contributed by atoms with E-state index in [0.717, 1.165) is 23.6 Å². The van der Waals surface area contributed by atoms with E-state index in [1.165, 1.54) is 5.56 Å². The SMILES string of the molecule is COc1ccc(CN(C)C(C)CSC)cc1CN. The van der Waals surface area contributed by atoms with E-state index in [1.807, 2.05) is 17.8 Å². The van der Waals surface area contributed by atoms with Crippen LogP contribution in [0.3, 0.4) is 0 Å². The summed E-state index contributed by atoms with van der Waals surface area (Å²) in [4.78, 5) is 2.36. The highest BCUT2D eigenvalue weighted by Gasteiger charge is 2.10. The summed E-state index contributed by atoms with van der Waals surface area (Å²) in [5.74, 6) is 2.03. The lowest BCUT2D eigenvalue weighted by molar-refractivity contribution is 0.269. The normalized spacial score (nSPS) is 12.8. The molecular weight excluding hydrogens is 244 g/mol. The van der Waals surface area contributed by atoms with Gasteiger partial charge in [-0.3, -0.25) is 4.90 Å². The van der Waals surface area contributed by atoms with E-state index in [4.69, 9.17) is 10.5 Å². The van der Waals surface area contributed by atoms with Crippen molar-refractivity contribution in [1.29, 1.82) is 0 Å². The first kappa shape index (κ1) is 15.3. The van der Waals surface area contributed by atoms with Crippen LogP contribution >= 0.6 is 11.8 Å². The molecule has 2 N–H and O–H groups in total. The summed E-state index contributed by atoms with van der Waals surface area (Å²) in [7, 11) is 3.84. The second kappa shape index (κ2) is 7.67. The molecule has 3 nitrogen and oxygen atoms in total. The molecule has 0 saturated heterocycles. The second-order valence-corrected chi connectivity index (χ2v) is 5.48. The number of hydrogen-bond donors (Lipinski definition) is 1. The summed E-state index contributed by atoms with van der Waals surface area (Å²) in [6.07, 6.45) is 2.14. The molecule has 0 saturated carbocycles. The first-order valence-corrected chi connectivity index (χ1v) is 7.56.